The maximum Gasteiger partial charge on any atom is 0.0538 e. The molecule has 0 saturated heterocycles. The predicted molar refractivity (Wildman–Crippen MR) is 53.4 cm³/mol. The summed E-state index contributed by atoms with van der Waals surface area (Å²) in [5.74, 6) is 0. The molecule has 0 heterocycles. The summed E-state index contributed by atoms with van der Waals surface area (Å²) in [5, 5.41) is 9.98. The van der Waals surface area contributed by atoms with E-state index in [1.807, 2.05) is 32.1 Å². The fourth-order valence-corrected chi connectivity index (χ4v) is 0.530. The summed E-state index contributed by atoms with van der Waals surface area (Å²) in [6.07, 6.45) is 3.12. The third kappa shape index (κ3) is 4.55. The molecule has 0 radical (unpaired) electrons. The first-order valence-electron chi connectivity index (χ1n) is 3.83. The van der Waals surface area contributed by atoms with Crippen molar-refractivity contribution in [1.29, 1.82) is 5.41 Å². The molecule has 2 N–H and O–H groups in total. The SMILES string of the molecule is C=C(CN/C=C(/C)C=N)N(C)C. The van der Waals surface area contributed by atoms with Crippen LogP contribution in [0.1, 0.15) is 6.92 Å². The zero-order chi connectivity index (χ0) is 9.56. The van der Waals surface area contributed by atoms with Gasteiger partial charge in [-0.25, -0.2) is 0 Å². The zero-order valence-electron chi connectivity index (χ0n) is 8.02. The minimum absolute atomic E-state index is 0.720. The largest absolute Gasteiger partial charge is 0.385 e. The van der Waals surface area contributed by atoms with Crippen LogP contribution in [0.3, 0.4) is 0 Å². The van der Waals surface area contributed by atoms with Gasteiger partial charge in [-0.3, -0.25) is 0 Å². The first-order valence-corrected chi connectivity index (χ1v) is 3.83. The van der Waals surface area contributed by atoms with E-state index in [9.17, 15) is 0 Å². The summed E-state index contributed by atoms with van der Waals surface area (Å²) in [4.78, 5) is 1.96. The fourth-order valence-electron chi connectivity index (χ4n) is 0.530. The lowest BCUT2D eigenvalue weighted by Gasteiger charge is -2.15. The average Bonchev–Trinajstić information content (AvgIpc) is 2.03. The van der Waals surface area contributed by atoms with Gasteiger partial charge >= 0.3 is 0 Å². The number of hydrogen-bond acceptors (Lipinski definition) is 3. The molecule has 3 heteroatoms. The average molecular weight is 167 g/mol. The minimum Gasteiger partial charge on any atom is -0.385 e. The molecule has 0 aromatic heterocycles. The van der Waals surface area contributed by atoms with Crippen LogP contribution in [0.2, 0.25) is 0 Å². The van der Waals surface area contributed by atoms with Gasteiger partial charge in [0.25, 0.3) is 0 Å². The first kappa shape index (κ1) is 10.8. The molecule has 0 aliphatic heterocycles. The lowest BCUT2D eigenvalue weighted by molar-refractivity contribution is 0.496. The Morgan fingerprint density at radius 1 is 1.58 bits per heavy atom. The van der Waals surface area contributed by atoms with Gasteiger partial charge in [0.15, 0.2) is 0 Å². The van der Waals surface area contributed by atoms with Crippen molar-refractivity contribution in [3.05, 3.63) is 24.0 Å². The Kier molecular flexibility index (Phi) is 4.84. The Bertz CT molecular complexity index is 192. The molecule has 12 heavy (non-hydrogen) atoms. The maximum absolute atomic E-state index is 6.91. The molecule has 0 aromatic carbocycles. The number of nitrogens with one attached hydrogen (secondary N) is 2. The monoisotopic (exact) mass is 167 g/mol. The molecule has 0 amide bonds. The van der Waals surface area contributed by atoms with Gasteiger partial charge in [-0.2, -0.15) is 0 Å². The Hall–Kier alpha value is -1.25. The van der Waals surface area contributed by atoms with Gasteiger partial charge in [0.05, 0.1) is 6.54 Å². The molecular formula is C9H17N3. The second kappa shape index (κ2) is 5.41. The highest BCUT2D eigenvalue weighted by molar-refractivity contribution is 5.74. The van der Waals surface area contributed by atoms with E-state index in [2.05, 4.69) is 11.9 Å². The highest BCUT2D eigenvalue weighted by Gasteiger charge is 1.92. The van der Waals surface area contributed by atoms with Crippen LogP contribution in [0.5, 0.6) is 0 Å². The van der Waals surface area contributed by atoms with Crippen LogP contribution in [0, 0.1) is 5.41 Å². The Labute approximate surface area is 74.3 Å². The van der Waals surface area contributed by atoms with Crippen molar-refractivity contribution in [3.8, 4) is 0 Å². The number of nitrogens with zero attached hydrogens (tertiary/aromatic N) is 1. The van der Waals surface area contributed by atoms with E-state index in [-0.39, 0.29) is 0 Å². The summed E-state index contributed by atoms with van der Waals surface area (Å²) in [6, 6.07) is 0. The molecule has 0 bridgehead atoms. The van der Waals surface area contributed by atoms with Crippen LogP contribution < -0.4 is 5.32 Å². The van der Waals surface area contributed by atoms with Gasteiger partial charge in [-0.05, 0) is 12.5 Å². The summed E-state index contributed by atoms with van der Waals surface area (Å²) in [5.41, 5.74) is 1.92. The highest BCUT2D eigenvalue weighted by Crippen LogP contribution is 1.91. The van der Waals surface area contributed by atoms with E-state index in [4.69, 9.17) is 5.41 Å². The number of hydrogen-bond donors (Lipinski definition) is 2. The van der Waals surface area contributed by atoms with E-state index < -0.39 is 0 Å². The van der Waals surface area contributed by atoms with Crippen molar-refractivity contribution in [2.45, 2.75) is 6.92 Å². The first-order chi connectivity index (χ1) is 5.57. The van der Waals surface area contributed by atoms with E-state index in [1.54, 1.807) is 0 Å². The van der Waals surface area contributed by atoms with Gasteiger partial charge < -0.3 is 15.6 Å². The van der Waals surface area contributed by atoms with E-state index in [1.165, 1.54) is 6.21 Å². The molecule has 0 unspecified atom stereocenters. The summed E-state index contributed by atoms with van der Waals surface area (Å²) in [6.45, 7) is 6.45. The number of allylic oxidation sites excluding steroid dienone is 1. The Balaban J connectivity index is 3.70. The molecule has 0 aliphatic carbocycles. The van der Waals surface area contributed by atoms with Crippen molar-refractivity contribution in [1.82, 2.24) is 10.2 Å². The van der Waals surface area contributed by atoms with Gasteiger partial charge in [0.1, 0.15) is 0 Å². The molecule has 0 aliphatic rings. The highest BCUT2D eigenvalue weighted by atomic mass is 15.1. The predicted octanol–water partition coefficient (Wildman–Crippen LogP) is 1.20. The summed E-state index contributed by atoms with van der Waals surface area (Å²) < 4.78 is 0. The maximum atomic E-state index is 6.91. The zero-order valence-corrected chi connectivity index (χ0v) is 8.02. The van der Waals surface area contributed by atoms with Crippen LogP contribution in [0.25, 0.3) is 0 Å². The molecule has 0 atom stereocenters. The fraction of sp³-hybridized carbons (Fsp3) is 0.444. The Morgan fingerprint density at radius 2 is 2.17 bits per heavy atom. The van der Waals surface area contributed by atoms with Gasteiger partial charge in [0.2, 0.25) is 0 Å². The second-order valence-corrected chi connectivity index (χ2v) is 2.87. The van der Waals surface area contributed by atoms with Crippen molar-refractivity contribution in [2.75, 3.05) is 20.6 Å². The molecule has 68 valence electrons. The molecular weight excluding hydrogens is 150 g/mol. The number of rotatable bonds is 5. The third-order valence-corrected chi connectivity index (χ3v) is 1.50. The topological polar surface area (TPSA) is 39.1 Å². The third-order valence-electron chi connectivity index (χ3n) is 1.50. The van der Waals surface area contributed by atoms with Crippen molar-refractivity contribution >= 4 is 6.21 Å². The lowest BCUT2D eigenvalue weighted by Crippen LogP contribution is -2.20. The summed E-state index contributed by atoms with van der Waals surface area (Å²) >= 11 is 0. The van der Waals surface area contributed by atoms with Crippen LogP contribution in [-0.2, 0) is 0 Å². The van der Waals surface area contributed by atoms with Crippen molar-refractivity contribution < 1.29 is 0 Å². The van der Waals surface area contributed by atoms with Crippen LogP contribution in [0.4, 0.5) is 0 Å². The van der Waals surface area contributed by atoms with Crippen LogP contribution in [0.15, 0.2) is 24.0 Å². The smallest absolute Gasteiger partial charge is 0.0538 e. The Morgan fingerprint density at radius 3 is 2.58 bits per heavy atom. The molecule has 0 saturated carbocycles. The van der Waals surface area contributed by atoms with E-state index in [0.717, 1.165) is 17.8 Å². The molecule has 0 aromatic rings. The normalized spacial score (nSPS) is 10.8. The molecule has 0 rings (SSSR count). The lowest BCUT2D eigenvalue weighted by atomic mass is 10.3. The molecule has 0 fully saturated rings. The van der Waals surface area contributed by atoms with Crippen molar-refractivity contribution in [2.24, 2.45) is 0 Å². The van der Waals surface area contributed by atoms with Crippen molar-refractivity contribution in [3.63, 3.8) is 0 Å². The van der Waals surface area contributed by atoms with Gasteiger partial charge in [-0.15, -0.1) is 0 Å². The van der Waals surface area contributed by atoms with E-state index >= 15 is 0 Å². The standard InChI is InChI=1S/C9H17N3/c1-8(5-10)6-11-7-9(2)12(3)4/h5-6,10-11H,2,7H2,1,3-4H3/b8-6-,10-5?. The van der Waals surface area contributed by atoms with Crippen LogP contribution in [-0.4, -0.2) is 31.8 Å². The molecule has 0 spiro atoms. The quantitative estimate of drug-likeness (QED) is 0.604. The van der Waals surface area contributed by atoms with Gasteiger partial charge in [0, 0.05) is 32.2 Å². The minimum atomic E-state index is 0.720. The molecule has 3 nitrogen and oxygen atoms in total. The second-order valence-electron chi connectivity index (χ2n) is 2.87. The summed E-state index contributed by atoms with van der Waals surface area (Å²) in [7, 11) is 3.91. The van der Waals surface area contributed by atoms with Gasteiger partial charge in [-0.1, -0.05) is 6.58 Å². The van der Waals surface area contributed by atoms with E-state index in [0.29, 0.717) is 0 Å². The number of likely N-dealkylation sites (N-methyl/N-ethyl adjacent to an activating group) is 1. The van der Waals surface area contributed by atoms with Crippen LogP contribution >= 0.6 is 0 Å².